The number of benzene rings is 3. The lowest BCUT2D eigenvalue weighted by molar-refractivity contribution is -0.146. The number of thioether (sulfide) groups is 1. The SMILES string of the molecule is CSCC[C@H](C(=O)Nc1ccccc1C)N1C(=O)[C@@H]2C3c4ccccc4C(c4ccccc43)[C@@H]2C1=O. The maximum absolute atomic E-state index is 14.1. The first-order valence-corrected chi connectivity index (χ1v) is 13.8. The van der Waals surface area contributed by atoms with Crippen LogP contribution in [-0.4, -0.2) is 40.7 Å². The van der Waals surface area contributed by atoms with Crippen LogP contribution in [0.15, 0.2) is 72.8 Å². The molecule has 6 heteroatoms. The average Bonchev–Trinajstić information content (AvgIpc) is 3.16. The number of rotatable bonds is 6. The van der Waals surface area contributed by atoms with Crippen LogP contribution in [0.3, 0.4) is 0 Å². The van der Waals surface area contributed by atoms with Crippen LogP contribution in [0.4, 0.5) is 5.69 Å². The third-order valence-electron chi connectivity index (χ3n) is 8.10. The first-order valence-electron chi connectivity index (χ1n) is 12.4. The molecule has 5 nitrogen and oxygen atoms in total. The van der Waals surface area contributed by atoms with Gasteiger partial charge in [-0.05, 0) is 59.2 Å². The maximum atomic E-state index is 14.1. The number of hydrogen-bond acceptors (Lipinski definition) is 4. The average molecular weight is 497 g/mol. The number of carbonyl (C=O) groups is 3. The van der Waals surface area contributed by atoms with Crippen LogP contribution in [0.1, 0.15) is 46.1 Å². The van der Waals surface area contributed by atoms with Gasteiger partial charge in [-0.25, -0.2) is 0 Å². The molecule has 1 fully saturated rings. The molecule has 0 radical (unpaired) electrons. The molecule has 1 N–H and O–H groups in total. The lowest BCUT2D eigenvalue weighted by Gasteiger charge is -2.45. The van der Waals surface area contributed by atoms with Crippen molar-refractivity contribution < 1.29 is 14.4 Å². The minimum absolute atomic E-state index is 0.172. The van der Waals surface area contributed by atoms with Gasteiger partial charge >= 0.3 is 0 Å². The Morgan fingerprint density at radius 2 is 1.31 bits per heavy atom. The van der Waals surface area contributed by atoms with Crippen LogP contribution in [0.2, 0.25) is 0 Å². The van der Waals surface area contributed by atoms with E-state index in [2.05, 4.69) is 29.6 Å². The van der Waals surface area contributed by atoms with Gasteiger partial charge in [-0.1, -0.05) is 66.7 Å². The van der Waals surface area contributed by atoms with E-state index in [1.54, 1.807) is 11.8 Å². The molecule has 2 bridgehead atoms. The predicted octanol–water partition coefficient (Wildman–Crippen LogP) is 4.95. The second-order valence-electron chi connectivity index (χ2n) is 9.91. The van der Waals surface area contributed by atoms with Crippen molar-refractivity contribution in [2.24, 2.45) is 11.8 Å². The van der Waals surface area contributed by atoms with Crippen LogP contribution < -0.4 is 5.32 Å². The van der Waals surface area contributed by atoms with E-state index < -0.39 is 17.9 Å². The van der Waals surface area contributed by atoms with Crippen LogP contribution in [0, 0.1) is 18.8 Å². The van der Waals surface area contributed by atoms with Crippen molar-refractivity contribution in [2.75, 3.05) is 17.3 Å². The van der Waals surface area contributed by atoms with Crippen molar-refractivity contribution in [2.45, 2.75) is 31.2 Å². The van der Waals surface area contributed by atoms with E-state index in [1.165, 1.54) is 4.90 Å². The van der Waals surface area contributed by atoms with Gasteiger partial charge in [0.1, 0.15) is 6.04 Å². The molecule has 0 spiro atoms. The molecule has 1 heterocycles. The number of amides is 3. The molecule has 182 valence electrons. The number of imide groups is 1. The van der Waals surface area contributed by atoms with E-state index in [1.807, 2.05) is 61.7 Å². The number of hydrogen-bond donors (Lipinski definition) is 1. The van der Waals surface area contributed by atoms with Crippen molar-refractivity contribution in [3.8, 4) is 0 Å². The van der Waals surface area contributed by atoms with Gasteiger partial charge in [0.2, 0.25) is 17.7 Å². The predicted molar refractivity (Wildman–Crippen MR) is 142 cm³/mol. The van der Waals surface area contributed by atoms with E-state index in [-0.39, 0.29) is 29.6 Å². The minimum Gasteiger partial charge on any atom is -0.324 e. The summed E-state index contributed by atoms with van der Waals surface area (Å²) in [6.45, 7) is 1.93. The number of aryl methyl sites for hydroxylation is 1. The van der Waals surface area contributed by atoms with Crippen LogP contribution in [0.25, 0.3) is 0 Å². The fourth-order valence-electron chi connectivity index (χ4n) is 6.54. The summed E-state index contributed by atoms with van der Waals surface area (Å²) >= 11 is 1.61. The molecule has 3 aliphatic carbocycles. The summed E-state index contributed by atoms with van der Waals surface area (Å²) < 4.78 is 0. The molecule has 3 atom stereocenters. The smallest absolute Gasteiger partial charge is 0.247 e. The Hall–Kier alpha value is -3.38. The molecule has 0 saturated carbocycles. The Morgan fingerprint density at radius 1 is 0.833 bits per heavy atom. The van der Waals surface area contributed by atoms with Crippen LogP contribution in [0.5, 0.6) is 0 Å². The largest absolute Gasteiger partial charge is 0.324 e. The Bertz CT molecular complexity index is 1270. The van der Waals surface area contributed by atoms with Gasteiger partial charge in [0.15, 0.2) is 0 Å². The number of carbonyl (C=O) groups excluding carboxylic acids is 3. The first kappa shape index (κ1) is 23.0. The van der Waals surface area contributed by atoms with E-state index in [4.69, 9.17) is 0 Å². The molecule has 0 aromatic heterocycles. The van der Waals surface area contributed by atoms with E-state index in [0.717, 1.165) is 27.8 Å². The number of likely N-dealkylation sites (tertiary alicyclic amines) is 1. The van der Waals surface area contributed by atoms with E-state index in [0.29, 0.717) is 17.9 Å². The normalized spacial score (nSPS) is 24.2. The molecule has 1 aliphatic heterocycles. The van der Waals surface area contributed by atoms with Gasteiger partial charge in [0, 0.05) is 17.5 Å². The highest BCUT2D eigenvalue weighted by Crippen LogP contribution is 2.61. The summed E-state index contributed by atoms with van der Waals surface area (Å²) in [5.74, 6) is -1.35. The fraction of sp³-hybridized carbons (Fsp3) is 0.300. The van der Waals surface area contributed by atoms with Gasteiger partial charge in [-0.2, -0.15) is 11.8 Å². The maximum Gasteiger partial charge on any atom is 0.247 e. The summed E-state index contributed by atoms with van der Waals surface area (Å²) in [5, 5.41) is 3.00. The highest BCUT2D eigenvalue weighted by atomic mass is 32.2. The van der Waals surface area contributed by atoms with Gasteiger partial charge in [-0.3, -0.25) is 19.3 Å². The zero-order valence-corrected chi connectivity index (χ0v) is 21.1. The highest BCUT2D eigenvalue weighted by Gasteiger charge is 2.62. The van der Waals surface area contributed by atoms with Gasteiger partial charge in [0.25, 0.3) is 0 Å². The van der Waals surface area contributed by atoms with Crippen LogP contribution >= 0.6 is 11.8 Å². The number of anilines is 1. The van der Waals surface area contributed by atoms with Crippen molar-refractivity contribution in [3.05, 3.63) is 101 Å². The Kier molecular flexibility index (Phi) is 5.72. The van der Waals surface area contributed by atoms with E-state index >= 15 is 0 Å². The second kappa shape index (κ2) is 8.93. The Morgan fingerprint density at radius 3 is 1.78 bits per heavy atom. The first-order chi connectivity index (χ1) is 17.5. The van der Waals surface area contributed by atoms with Crippen molar-refractivity contribution in [3.63, 3.8) is 0 Å². The fourth-order valence-corrected chi connectivity index (χ4v) is 7.00. The monoisotopic (exact) mass is 496 g/mol. The Labute approximate surface area is 215 Å². The number of nitrogens with one attached hydrogen (secondary N) is 1. The molecule has 7 rings (SSSR count). The van der Waals surface area contributed by atoms with Crippen molar-refractivity contribution in [1.29, 1.82) is 0 Å². The van der Waals surface area contributed by atoms with Gasteiger partial charge < -0.3 is 5.32 Å². The topological polar surface area (TPSA) is 66.5 Å². The third kappa shape index (κ3) is 3.34. The summed E-state index contributed by atoms with van der Waals surface area (Å²) in [7, 11) is 0. The third-order valence-corrected chi connectivity index (χ3v) is 8.74. The molecule has 1 saturated heterocycles. The lowest BCUT2D eigenvalue weighted by Crippen LogP contribution is -2.48. The quantitative estimate of drug-likeness (QED) is 0.491. The summed E-state index contributed by atoms with van der Waals surface area (Å²) in [5.41, 5.74) is 6.18. The molecule has 0 unspecified atom stereocenters. The minimum atomic E-state index is -0.840. The molecule has 36 heavy (non-hydrogen) atoms. The molecular formula is C30H28N2O3S. The standard InChI is InChI=1S/C30H28N2O3S/c1-17-9-3-8-14-22(17)31-28(33)23(15-16-36-2)32-29(34)26-24-18-10-4-5-11-19(18)25(27(26)30(32)35)21-13-7-6-12-20(21)24/h3-14,23-27H,15-16H2,1-2H3,(H,31,33)/t23-,24?,25?,26-,27+/m1/s1. The summed E-state index contributed by atoms with van der Waals surface area (Å²) in [6.07, 6.45) is 2.39. The molecule has 3 aromatic carbocycles. The summed E-state index contributed by atoms with van der Waals surface area (Å²) in [6, 6.07) is 23.1. The Balaban J connectivity index is 1.41. The zero-order chi connectivity index (χ0) is 25.0. The number of nitrogens with zero attached hydrogens (tertiary/aromatic N) is 1. The molecule has 3 amide bonds. The van der Waals surface area contributed by atoms with Crippen LogP contribution in [-0.2, 0) is 14.4 Å². The summed E-state index contributed by atoms with van der Waals surface area (Å²) in [4.78, 5) is 43.1. The molecular weight excluding hydrogens is 468 g/mol. The van der Waals surface area contributed by atoms with Crippen molar-refractivity contribution >= 4 is 35.2 Å². The molecule has 3 aromatic rings. The van der Waals surface area contributed by atoms with Gasteiger partial charge in [-0.15, -0.1) is 0 Å². The second-order valence-corrected chi connectivity index (χ2v) is 10.9. The van der Waals surface area contributed by atoms with Gasteiger partial charge in [0.05, 0.1) is 11.8 Å². The molecule has 4 aliphatic rings. The highest BCUT2D eigenvalue weighted by molar-refractivity contribution is 7.98. The number of para-hydroxylation sites is 1. The zero-order valence-electron chi connectivity index (χ0n) is 20.3. The van der Waals surface area contributed by atoms with Crippen molar-refractivity contribution in [1.82, 2.24) is 4.90 Å². The van der Waals surface area contributed by atoms with E-state index in [9.17, 15) is 14.4 Å². The lowest BCUT2D eigenvalue weighted by atomic mass is 9.55.